The van der Waals surface area contributed by atoms with Gasteiger partial charge in [0.15, 0.2) is 11.5 Å². The van der Waals surface area contributed by atoms with Crippen LogP contribution in [-0.4, -0.2) is 26.7 Å². The van der Waals surface area contributed by atoms with Crippen LogP contribution in [0.1, 0.15) is 17.2 Å². The molecule has 1 saturated heterocycles. The molecule has 2 atom stereocenters. The highest BCUT2D eigenvalue weighted by Crippen LogP contribution is 2.28. The van der Waals surface area contributed by atoms with E-state index in [0.29, 0.717) is 24.6 Å². The van der Waals surface area contributed by atoms with Gasteiger partial charge in [-0.1, -0.05) is 36.4 Å². The van der Waals surface area contributed by atoms with Crippen LogP contribution in [0, 0.1) is 5.92 Å². The fraction of sp³-hybridized carbons (Fsp3) is 0.316. The summed E-state index contributed by atoms with van der Waals surface area (Å²) in [7, 11) is 3.20. The molecule has 2 aromatic carbocycles. The summed E-state index contributed by atoms with van der Waals surface area (Å²) in [6.45, 7) is 1.04. The number of hydrogen-bond acceptors (Lipinski definition) is 5. The summed E-state index contributed by atoms with van der Waals surface area (Å²) in [5, 5.41) is 3.01. The van der Waals surface area contributed by atoms with Crippen LogP contribution < -0.4 is 25.6 Å². The average molecular weight is 341 g/mol. The van der Waals surface area contributed by atoms with Gasteiger partial charge in [0.25, 0.3) is 0 Å². The average Bonchev–Trinajstić information content (AvgIpc) is 3.16. The Hall–Kier alpha value is -2.57. The lowest BCUT2D eigenvalue weighted by molar-refractivity contribution is -0.125. The molecule has 1 aliphatic heterocycles. The molecule has 6 heteroatoms. The minimum Gasteiger partial charge on any atom is -0.493 e. The molecule has 2 aromatic rings. The minimum atomic E-state index is -0.164. The first-order chi connectivity index (χ1) is 12.2. The van der Waals surface area contributed by atoms with Gasteiger partial charge < -0.3 is 14.8 Å². The lowest BCUT2D eigenvalue weighted by atomic mass is 9.94. The Bertz CT molecular complexity index is 721. The van der Waals surface area contributed by atoms with Gasteiger partial charge in [-0.15, -0.1) is 0 Å². The van der Waals surface area contributed by atoms with Gasteiger partial charge in [-0.2, -0.15) is 0 Å². The van der Waals surface area contributed by atoms with E-state index in [1.54, 1.807) is 14.2 Å². The molecule has 1 amide bonds. The highest BCUT2D eigenvalue weighted by atomic mass is 16.5. The maximum atomic E-state index is 12.6. The maximum absolute atomic E-state index is 12.6. The monoisotopic (exact) mass is 341 g/mol. The number of hydrogen-bond donors (Lipinski definition) is 3. The molecule has 1 fully saturated rings. The number of carbonyl (C=O) groups excluding carboxylic acids is 1. The van der Waals surface area contributed by atoms with Gasteiger partial charge >= 0.3 is 0 Å². The normalized spacial score (nSPS) is 19.4. The largest absolute Gasteiger partial charge is 0.493 e. The highest BCUT2D eigenvalue weighted by Gasteiger charge is 2.33. The summed E-state index contributed by atoms with van der Waals surface area (Å²) >= 11 is 0. The number of ether oxygens (including phenoxy) is 2. The molecule has 3 N–H and O–H groups in total. The number of methoxy groups -OCH3 is 2. The van der Waals surface area contributed by atoms with Crippen molar-refractivity contribution in [3.63, 3.8) is 0 Å². The summed E-state index contributed by atoms with van der Waals surface area (Å²) in [4.78, 5) is 12.6. The van der Waals surface area contributed by atoms with E-state index in [0.717, 1.165) is 11.1 Å². The maximum Gasteiger partial charge on any atom is 0.226 e. The van der Waals surface area contributed by atoms with Gasteiger partial charge in [-0.25, -0.2) is 5.43 Å². The van der Waals surface area contributed by atoms with Gasteiger partial charge in [0.05, 0.1) is 26.2 Å². The third-order valence-electron chi connectivity index (χ3n) is 4.39. The zero-order valence-electron chi connectivity index (χ0n) is 14.4. The van der Waals surface area contributed by atoms with E-state index in [9.17, 15) is 4.79 Å². The Balaban J connectivity index is 1.64. The van der Waals surface area contributed by atoms with E-state index in [-0.39, 0.29) is 17.9 Å². The fourth-order valence-corrected chi connectivity index (χ4v) is 3.03. The van der Waals surface area contributed by atoms with E-state index in [4.69, 9.17) is 9.47 Å². The Labute approximate surface area is 147 Å². The number of nitrogens with one attached hydrogen (secondary N) is 3. The molecule has 25 heavy (non-hydrogen) atoms. The van der Waals surface area contributed by atoms with Crippen LogP contribution in [0.2, 0.25) is 0 Å². The summed E-state index contributed by atoms with van der Waals surface area (Å²) in [5.74, 6) is 1.18. The molecular formula is C19H23N3O3. The second kappa shape index (κ2) is 8.00. The first-order valence-electron chi connectivity index (χ1n) is 8.25. The quantitative estimate of drug-likeness (QED) is 0.747. The summed E-state index contributed by atoms with van der Waals surface area (Å²) in [6, 6.07) is 15.6. The zero-order valence-corrected chi connectivity index (χ0v) is 14.4. The summed E-state index contributed by atoms with van der Waals surface area (Å²) < 4.78 is 10.5. The number of rotatable bonds is 6. The molecule has 1 aliphatic rings. The van der Waals surface area contributed by atoms with E-state index in [2.05, 4.69) is 16.2 Å². The SMILES string of the molecule is COc1ccc(CNC(=O)C2CNNC2c2ccccc2)cc1OC. The van der Waals surface area contributed by atoms with Crippen molar-refractivity contribution in [3.8, 4) is 11.5 Å². The number of amides is 1. The Morgan fingerprint density at radius 3 is 2.60 bits per heavy atom. The molecule has 132 valence electrons. The Morgan fingerprint density at radius 2 is 1.88 bits per heavy atom. The number of hydrazine groups is 1. The van der Waals surface area contributed by atoms with Crippen LogP contribution in [0.5, 0.6) is 11.5 Å². The second-order valence-electron chi connectivity index (χ2n) is 5.93. The van der Waals surface area contributed by atoms with Gasteiger partial charge in [-0.05, 0) is 23.3 Å². The first-order valence-corrected chi connectivity index (χ1v) is 8.25. The third-order valence-corrected chi connectivity index (χ3v) is 4.39. The van der Waals surface area contributed by atoms with Crippen molar-refractivity contribution < 1.29 is 14.3 Å². The van der Waals surface area contributed by atoms with Crippen molar-refractivity contribution in [2.45, 2.75) is 12.6 Å². The third kappa shape index (κ3) is 3.92. The number of carbonyl (C=O) groups is 1. The van der Waals surface area contributed by atoms with Crippen LogP contribution in [0.25, 0.3) is 0 Å². The predicted molar refractivity (Wildman–Crippen MR) is 95.2 cm³/mol. The molecule has 6 nitrogen and oxygen atoms in total. The highest BCUT2D eigenvalue weighted by molar-refractivity contribution is 5.80. The lowest BCUT2D eigenvalue weighted by Gasteiger charge is -2.18. The molecule has 0 spiro atoms. The van der Waals surface area contributed by atoms with Crippen LogP contribution in [0.3, 0.4) is 0 Å². The van der Waals surface area contributed by atoms with Crippen molar-refractivity contribution in [2.24, 2.45) is 5.92 Å². The second-order valence-corrected chi connectivity index (χ2v) is 5.93. The molecule has 0 bridgehead atoms. The lowest BCUT2D eigenvalue weighted by Crippen LogP contribution is -2.34. The molecule has 0 aliphatic carbocycles. The predicted octanol–water partition coefficient (Wildman–Crippen LogP) is 1.79. The molecule has 2 unspecified atom stereocenters. The summed E-state index contributed by atoms with van der Waals surface area (Å²) in [5.41, 5.74) is 8.33. The van der Waals surface area contributed by atoms with Crippen molar-refractivity contribution in [1.82, 2.24) is 16.2 Å². The first kappa shape index (κ1) is 17.3. The Kier molecular flexibility index (Phi) is 5.53. The van der Waals surface area contributed by atoms with Gasteiger partial charge in [0, 0.05) is 13.1 Å². The van der Waals surface area contributed by atoms with Gasteiger partial charge in [0.2, 0.25) is 5.91 Å². The van der Waals surface area contributed by atoms with Crippen LogP contribution in [-0.2, 0) is 11.3 Å². The van der Waals surface area contributed by atoms with Crippen LogP contribution in [0.4, 0.5) is 0 Å². The van der Waals surface area contributed by atoms with E-state index in [1.165, 1.54) is 0 Å². The standard InChI is InChI=1S/C19H23N3O3/c1-24-16-9-8-13(10-17(16)25-2)11-20-19(23)15-12-21-22-18(15)14-6-4-3-5-7-14/h3-10,15,18,21-22H,11-12H2,1-2H3,(H,20,23). The van der Waals surface area contributed by atoms with Crippen molar-refractivity contribution in [1.29, 1.82) is 0 Å². The minimum absolute atomic E-state index is 0.0149. The molecule has 0 saturated carbocycles. The van der Waals surface area contributed by atoms with Crippen molar-refractivity contribution >= 4 is 5.91 Å². The van der Waals surface area contributed by atoms with Gasteiger partial charge in [0.1, 0.15) is 0 Å². The fourth-order valence-electron chi connectivity index (χ4n) is 3.03. The van der Waals surface area contributed by atoms with E-state index >= 15 is 0 Å². The molecule has 3 rings (SSSR count). The smallest absolute Gasteiger partial charge is 0.226 e. The van der Waals surface area contributed by atoms with E-state index in [1.807, 2.05) is 48.5 Å². The molecule has 0 aromatic heterocycles. The van der Waals surface area contributed by atoms with Gasteiger partial charge in [-0.3, -0.25) is 10.2 Å². The number of benzene rings is 2. The molecular weight excluding hydrogens is 318 g/mol. The molecule has 1 heterocycles. The van der Waals surface area contributed by atoms with Crippen molar-refractivity contribution in [2.75, 3.05) is 20.8 Å². The zero-order chi connectivity index (χ0) is 17.6. The summed E-state index contributed by atoms with van der Waals surface area (Å²) in [6.07, 6.45) is 0. The van der Waals surface area contributed by atoms with E-state index < -0.39 is 0 Å². The Morgan fingerprint density at radius 1 is 1.12 bits per heavy atom. The van der Waals surface area contributed by atoms with Crippen molar-refractivity contribution in [3.05, 3.63) is 59.7 Å². The van der Waals surface area contributed by atoms with Crippen LogP contribution >= 0.6 is 0 Å². The molecule has 0 radical (unpaired) electrons. The topological polar surface area (TPSA) is 71.6 Å². The van der Waals surface area contributed by atoms with Crippen LogP contribution in [0.15, 0.2) is 48.5 Å².